The monoisotopic (exact) mass is 472 g/mol. The molecule has 0 fully saturated rings. The fourth-order valence-electron chi connectivity index (χ4n) is 3.97. The predicted molar refractivity (Wildman–Crippen MR) is 126 cm³/mol. The van der Waals surface area contributed by atoms with Gasteiger partial charge in [0.05, 0.1) is 30.1 Å². The number of hydrogen-bond donors (Lipinski definition) is 1. The molecule has 0 aliphatic heterocycles. The number of carbonyl (C=O) groups is 2. The Labute approximate surface area is 197 Å². The Morgan fingerprint density at radius 1 is 0.971 bits per heavy atom. The number of hydrogen-bond acceptors (Lipinski definition) is 4. The number of rotatable bonds is 6. The Morgan fingerprint density at radius 3 is 2.54 bits per heavy atom. The number of fused-ring (bicyclic) bond motifs is 3. The Bertz CT molecular complexity index is 1660. The van der Waals surface area contributed by atoms with Crippen LogP contribution in [0, 0.1) is 11.6 Å². The molecule has 2 aromatic heterocycles. The lowest BCUT2D eigenvalue weighted by Crippen LogP contribution is -2.26. The number of nitrogens with one attached hydrogen (secondary N) is 1. The molecule has 5 rings (SSSR count). The Balaban J connectivity index is 1.33. The van der Waals surface area contributed by atoms with Crippen LogP contribution in [0.1, 0.15) is 15.9 Å². The highest BCUT2D eigenvalue weighted by molar-refractivity contribution is 5.98. The van der Waals surface area contributed by atoms with Crippen LogP contribution in [0.2, 0.25) is 0 Å². The highest BCUT2D eigenvalue weighted by atomic mass is 19.1. The topological polar surface area (TPSA) is 85.5 Å². The van der Waals surface area contributed by atoms with Gasteiger partial charge in [-0.25, -0.2) is 13.8 Å². The summed E-state index contributed by atoms with van der Waals surface area (Å²) in [5.74, 6) is -2.13. The van der Waals surface area contributed by atoms with Crippen LogP contribution in [0.5, 0.6) is 0 Å². The fraction of sp³-hybridized carbons (Fsp3) is 0.0769. The zero-order valence-corrected chi connectivity index (χ0v) is 18.2. The number of amides is 1. The Morgan fingerprint density at radius 2 is 1.74 bits per heavy atom. The maximum atomic E-state index is 13.8. The van der Waals surface area contributed by atoms with E-state index in [1.807, 2.05) is 12.1 Å². The fourth-order valence-corrected chi connectivity index (χ4v) is 3.97. The second kappa shape index (κ2) is 8.94. The van der Waals surface area contributed by atoms with Gasteiger partial charge in [-0.3, -0.25) is 23.4 Å². The molecule has 0 spiro atoms. The number of Topliss-reactive ketones (excluding diaryl/α,β-unsaturated/α-hetero) is 1. The van der Waals surface area contributed by atoms with E-state index in [0.29, 0.717) is 27.8 Å². The highest BCUT2D eigenvalue weighted by Gasteiger charge is 2.15. The van der Waals surface area contributed by atoms with Crippen molar-refractivity contribution in [1.29, 1.82) is 0 Å². The minimum atomic E-state index is -0.668. The molecular weight excluding hydrogens is 454 g/mol. The minimum Gasteiger partial charge on any atom is -0.326 e. The third-order valence-electron chi connectivity index (χ3n) is 5.69. The third-order valence-corrected chi connectivity index (χ3v) is 5.69. The molecule has 7 nitrogen and oxygen atoms in total. The lowest BCUT2D eigenvalue weighted by Gasteiger charge is -2.11. The number of aromatic nitrogens is 3. The molecule has 3 aromatic carbocycles. The maximum absolute atomic E-state index is 13.8. The number of halogens is 2. The van der Waals surface area contributed by atoms with E-state index in [-0.39, 0.29) is 29.9 Å². The Hall–Kier alpha value is -4.66. The minimum absolute atomic E-state index is 0.0543. The first-order valence-electron chi connectivity index (χ1n) is 10.7. The number of anilines is 1. The predicted octanol–water partition coefficient (Wildman–Crippen LogP) is 3.99. The lowest BCUT2D eigenvalue weighted by molar-refractivity contribution is -0.115. The molecule has 0 bridgehead atoms. The summed E-state index contributed by atoms with van der Waals surface area (Å²) in [6.07, 6.45) is 2.78. The molecule has 0 atom stereocenters. The Kier molecular flexibility index (Phi) is 5.66. The van der Waals surface area contributed by atoms with Crippen molar-refractivity contribution in [2.24, 2.45) is 0 Å². The van der Waals surface area contributed by atoms with Gasteiger partial charge in [-0.05, 0) is 54.6 Å². The summed E-state index contributed by atoms with van der Waals surface area (Å²) in [6.45, 7) is -0.191. The second-order valence-corrected chi connectivity index (χ2v) is 7.99. The zero-order valence-electron chi connectivity index (χ0n) is 18.2. The second-order valence-electron chi connectivity index (χ2n) is 7.99. The average Bonchev–Trinajstić information content (AvgIpc) is 3.34. The molecule has 174 valence electrons. The molecule has 0 unspecified atom stereocenters. The molecule has 0 saturated heterocycles. The number of carbonyl (C=O) groups excluding carboxylic acids is 2. The summed E-state index contributed by atoms with van der Waals surface area (Å²) >= 11 is 0. The van der Waals surface area contributed by atoms with E-state index in [4.69, 9.17) is 0 Å². The first-order valence-corrected chi connectivity index (χ1v) is 10.7. The molecule has 0 saturated carbocycles. The molecule has 5 aromatic rings. The van der Waals surface area contributed by atoms with Crippen molar-refractivity contribution >= 4 is 33.9 Å². The van der Waals surface area contributed by atoms with Crippen LogP contribution in [0.15, 0.2) is 84.0 Å². The molecule has 1 amide bonds. The van der Waals surface area contributed by atoms with E-state index >= 15 is 0 Å². The summed E-state index contributed by atoms with van der Waals surface area (Å²) in [6, 6.07) is 16.1. The number of ketones is 1. The summed E-state index contributed by atoms with van der Waals surface area (Å²) < 4.78 is 30.2. The van der Waals surface area contributed by atoms with E-state index in [1.165, 1.54) is 35.0 Å². The van der Waals surface area contributed by atoms with Crippen LogP contribution in [0.25, 0.3) is 16.6 Å². The number of imidazole rings is 1. The van der Waals surface area contributed by atoms with Gasteiger partial charge in [0.1, 0.15) is 23.6 Å². The summed E-state index contributed by atoms with van der Waals surface area (Å²) in [7, 11) is 0. The molecule has 0 radical (unpaired) electrons. The van der Waals surface area contributed by atoms with E-state index in [9.17, 15) is 23.2 Å². The van der Waals surface area contributed by atoms with Gasteiger partial charge < -0.3 is 5.32 Å². The first kappa shape index (κ1) is 22.1. The lowest BCUT2D eigenvalue weighted by atomic mass is 10.1. The van der Waals surface area contributed by atoms with Gasteiger partial charge in [-0.15, -0.1) is 0 Å². The van der Waals surface area contributed by atoms with E-state index < -0.39 is 17.5 Å². The maximum Gasteiger partial charge on any atom is 0.262 e. The number of benzene rings is 3. The van der Waals surface area contributed by atoms with E-state index in [0.717, 1.165) is 18.2 Å². The van der Waals surface area contributed by atoms with Crippen molar-refractivity contribution in [2.75, 3.05) is 5.32 Å². The SMILES string of the molecule is O=C(Cc1cc(F)ccc1F)Nc1ccc(C(=O)Cn2c(=O)c3ccccc3n3cncc23)cc1. The van der Waals surface area contributed by atoms with E-state index in [2.05, 4.69) is 10.3 Å². The van der Waals surface area contributed by atoms with Crippen LogP contribution >= 0.6 is 0 Å². The number of nitrogens with zero attached hydrogens (tertiary/aromatic N) is 3. The van der Waals surface area contributed by atoms with E-state index in [1.54, 1.807) is 22.9 Å². The van der Waals surface area contributed by atoms with Gasteiger partial charge in [0.15, 0.2) is 5.78 Å². The van der Waals surface area contributed by atoms with Crippen molar-refractivity contribution in [3.8, 4) is 0 Å². The molecule has 35 heavy (non-hydrogen) atoms. The van der Waals surface area contributed by atoms with Gasteiger partial charge >= 0.3 is 0 Å². The van der Waals surface area contributed by atoms with Crippen LogP contribution in [-0.4, -0.2) is 25.6 Å². The van der Waals surface area contributed by atoms with Gasteiger partial charge in [0.2, 0.25) is 5.91 Å². The zero-order chi connectivity index (χ0) is 24.5. The summed E-state index contributed by atoms with van der Waals surface area (Å²) in [5, 5.41) is 3.07. The molecule has 1 N–H and O–H groups in total. The normalized spacial score (nSPS) is 11.1. The van der Waals surface area contributed by atoms with Gasteiger partial charge in [-0.2, -0.15) is 0 Å². The molecule has 0 aliphatic carbocycles. The van der Waals surface area contributed by atoms with Crippen molar-refractivity contribution in [3.63, 3.8) is 0 Å². The van der Waals surface area contributed by atoms with Crippen molar-refractivity contribution < 1.29 is 18.4 Å². The number of para-hydroxylation sites is 1. The average molecular weight is 472 g/mol. The van der Waals surface area contributed by atoms with Crippen LogP contribution < -0.4 is 10.9 Å². The highest BCUT2D eigenvalue weighted by Crippen LogP contribution is 2.16. The van der Waals surface area contributed by atoms with Crippen LogP contribution in [0.4, 0.5) is 14.5 Å². The van der Waals surface area contributed by atoms with Gasteiger partial charge in [0, 0.05) is 16.8 Å². The van der Waals surface area contributed by atoms with Gasteiger partial charge in [0.25, 0.3) is 5.56 Å². The largest absolute Gasteiger partial charge is 0.326 e. The van der Waals surface area contributed by atoms with Crippen molar-refractivity contribution in [2.45, 2.75) is 13.0 Å². The smallest absolute Gasteiger partial charge is 0.262 e. The molecule has 2 heterocycles. The molecule has 9 heteroatoms. The first-order chi connectivity index (χ1) is 16.9. The van der Waals surface area contributed by atoms with Crippen molar-refractivity contribution in [1.82, 2.24) is 14.0 Å². The third kappa shape index (κ3) is 4.31. The quantitative estimate of drug-likeness (QED) is 0.379. The van der Waals surface area contributed by atoms with Crippen LogP contribution in [0.3, 0.4) is 0 Å². The molecule has 0 aliphatic rings. The standard InChI is InChI=1S/C26H18F2N4O3/c27-18-7-10-21(28)17(11-18)12-24(34)30-19-8-5-16(6-9-19)23(33)14-31-25-13-29-15-32(25)22-4-2-1-3-20(22)26(31)35/h1-11,13,15H,12,14H2,(H,30,34). The van der Waals surface area contributed by atoms with Gasteiger partial charge in [-0.1, -0.05) is 12.1 Å². The molecular formula is C26H18F2N4O3. The summed E-state index contributed by atoms with van der Waals surface area (Å²) in [4.78, 5) is 42.4. The van der Waals surface area contributed by atoms with Crippen LogP contribution in [-0.2, 0) is 17.8 Å². The van der Waals surface area contributed by atoms with Crippen molar-refractivity contribution in [3.05, 3.63) is 112 Å². The summed E-state index contributed by atoms with van der Waals surface area (Å²) in [5.41, 5.74) is 1.58.